The van der Waals surface area contributed by atoms with Crippen molar-refractivity contribution in [3.8, 4) is 0 Å². The summed E-state index contributed by atoms with van der Waals surface area (Å²) in [5.74, 6) is -0.378. The molecule has 2 aromatic carbocycles. The van der Waals surface area contributed by atoms with Gasteiger partial charge in [-0.3, -0.25) is 0 Å². The molecule has 19 heavy (non-hydrogen) atoms. The normalized spacial score (nSPS) is 12.5. The van der Waals surface area contributed by atoms with Crippen molar-refractivity contribution in [3.05, 3.63) is 69.5 Å². The van der Waals surface area contributed by atoms with E-state index in [1.54, 1.807) is 12.1 Å². The van der Waals surface area contributed by atoms with E-state index in [9.17, 15) is 9.50 Å². The molecule has 1 atom stereocenters. The Morgan fingerprint density at radius 1 is 1.16 bits per heavy atom. The molecule has 2 rings (SSSR count). The quantitative estimate of drug-likeness (QED) is 0.884. The van der Waals surface area contributed by atoms with Crippen LogP contribution in [0.3, 0.4) is 0 Å². The van der Waals surface area contributed by atoms with Crippen LogP contribution in [0.1, 0.15) is 28.4 Å². The number of aliphatic hydroxyl groups excluding tert-OH is 1. The number of aryl methyl sites for hydroxylation is 2. The van der Waals surface area contributed by atoms with E-state index in [1.807, 2.05) is 32.0 Å². The Kier molecular flexibility index (Phi) is 4.23. The standard InChI is InChI=1S/C16H16ClFO/c1-10-3-6-14(11(2)7-10)16(19)8-12-4-5-13(17)9-15(12)18/h3-7,9,16,19H,8H2,1-2H3. The van der Waals surface area contributed by atoms with Gasteiger partial charge < -0.3 is 5.11 Å². The maximum absolute atomic E-state index is 13.7. The third-order valence-electron chi connectivity index (χ3n) is 3.21. The van der Waals surface area contributed by atoms with E-state index in [1.165, 1.54) is 6.07 Å². The lowest BCUT2D eigenvalue weighted by Gasteiger charge is -2.15. The first-order chi connectivity index (χ1) is 8.97. The summed E-state index contributed by atoms with van der Waals surface area (Å²) in [4.78, 5) is 0. The first-order valence-electron chi connectivity index (χ1n) is 6.16. The summed E-state index contributed by atoms with van der Waals surface area (Å²) in [5, 5.41) is 10.6. The van der Waals surface area contributed by atoms with Crippen LogP contribution in [0.25, 0.3) is 0 Å². The molecule has 0 fully saturated rings. The van der Waals surface area contributed by atoms with Gasteiger partial charge in [-0.15, -0.1) is 0 Å². The number of hydrogen-bond donors (Lipinski definition) is 1. The third-order valence-corrected chi connectivity index (χ3v) is 3.45. The molecule has 0 aliphatic rings. The van der Waals surface area contributed by atoms with Gasteiger partial charge >= 0.3 is 0 Å². The molecule has 1 N–H and O–H groups in total. The molecule has 0 aliphatic heterocycles. The van der Waals surface area contributed by atoms with E-state index in [0.29, 0.717) is 10.6 Å². The number of rotatable bonds is 3. The fraction of sp³-hybridized carbons (Fsp3) is 0.250. The Morgan fingerprint density at radius 3 is 2.53 bits per heavy atom. The summed E-state index contributed by atoms with van der Waals surface area (Å²) in [6.07, 6.45) is -0.469. The Morgan fingerprint density at radius 2 is 1.89 bits per heavy atom. The van der Waals surface area contributed by atoms with E-state index in [-0.39, 0.29) is 12.2 Å². The summed E-state index contributed by atoms with van der Waals surface area (Å²) < 4.78 is 13.7. The molecule has 3 heteroatoms. The predicted molar refractivity (Wildman–Crippen MR) is 76.0 cm³/mol. The zero-order valence-corrected chi connectivity index (χ0v) is 11.7. The summed E-state index contributed by atoms with van der Waals surface area (Å²) in [5.41, 5.74) is 3.46. The first-order valence-corrected chi connectivity index (χ1v) is 6.54. The van der Waals surface area contributed by atoms with Gasteiger partial charge in [0, 0.05) is 11.4 Å². The molecule has 1 nitrogen and oxygen atoms in total. The second kappa shape index (κ2) is 5.72. The monoisotopic (exact) mass is 278 g/mol. The minimum absolute atomic E-state index is 0.243. The fourth-order valence-electron chi connectivity index (χ4n) is 2.20. The molecule has 0 amide bonds. The highest BCUT2D eigenvalue weighted by atomic mass is 35.5. The van der Waals surface area contributed by atoms with Crippen molar-refractivity contribution in [1.29, 1.82) is 0 Å². The van der Waals surface area contributed by atoms with E-state index in [2.05, 4.69) is 0 Å². The highest BCUT2D eigenvalue weighted by Crippen LogP contribution is 2.24. The van der Waals surface area contributed by atoms with Crippen molar-refractivity contribution < 1.29 is 9.50 Å². The van der Waals surface area contributed by atoms with Crippen molar-refractivity contribution in [2.45, 2.75) is 26.4 Å². The zero-order valence-electron chi connectivity index (χ0n) is 11.0. The minimum Gasteiger partial charge on any atom is -0.388 e. The zero-order chi connectivity index (χ0) is 14.0. The SMILES string of the molecule is Cc1ccc(C(O)Cc2ccc(Cl)cc2F)c(C)c1. The van der Waals surface area contributed by atoms with Gasteiger partial charge in [0.1, 0.15) is 5.82 Å². The lowest BCUT2D eigenvalue weighted by Crippen LogP contribution is -2.05. The van der Waals surface area contributed by atoms with E-state index in [4.69, 9.17) is 11.6 Å². The van der Waals surface area contributed by atoms with E-state index < -0.39 is 6.10 Å². The molecule has 0 saturated heterocycles. The van der Waals surface area contributed by atoms with Crippen LogP contribution in [0.5, 0.6) is 0 Å². The Bertz CT molecular complexity index is 595. The molecular formula is C16H16ClFO. The lowest BCUT2D eigenvalue weighted by molar-refractivity contribution is 0.176. The van der Waals surface area contributed by atoms with Crippen molar-refractivity contribution in [1.82, 2.24) is 0 Å². The van der Waals surface area contributed by atoms with Gasteiger partial charge in [-0.25, -0.2) is 4.39 Å². The third kappa shape index (κ3) is 3.34. The molecule has 0 radical (unpaired) electrons. The van der Waals surface area contributed by atoms with Crippen LogP contribution in [0, 0.1) is 19.7 Å². The van der Waals surface area contributed by atoms with Crippen molar-refractivity contribution in [2.24, 2.45) is 0 Å². The van der Waals surface area contributed by atoms with Gasteiger partial charge in [-0.2, -0.15) is 0 Å². The van der Waals surface area contributed by atoms with Crippen LogP contribution in [0.4, 0.5) is 4.39 Å². The Labute approximate surface area is 117 Å². The Hall–Kier alpha value is -1.38. The highest BCUT2D eigenvalue weighted by molar-refractivity contribution is 6.30. The first kappa shape index (κ1) is 14.0. The topological polar surface area (TPSA) is 20.2 Å². The fourth-order valence-corrected chi connectivity index (χ4v) is 2.36. The van der Waals surface area contributed by atoms with Crippen LogP contribution in [0.2, 0.25) is 5.02 Å². The second-order valence-corrected chi connectivity index (χ2v) is 5.25. The number of hydrogen-bond acceptors (Lipinski definition) is 1. The molecule has 1 unspecified atom stereocenters. The largest absolute Gasteiger partial charge is 0.388 e. The number of benzene rings is 2. The van der Waals surface area contributed by atoms with Crippen LogP contribution in [0.15, 0.2) is 36.4 Å². The second-order valence-electron chi connectivity index (χ2n) is 4.82. The Balaban J connectivity index is 2.23. The van der Waals surface area contributed by atoms with Crippen LogP contribution < -0.4 is 0 Å². The van der Waals surface area contributed by atoms with E-state index in [0.717, 1.165) is 16.7 Å². The van der Waals surface area contributed by atoms with Crippen molar-refractivity contribution >= 4 is 11.6 Å². The average molecular weight is 279 g/mol. The van der Waals surface area contributed by atoms with Crippen molar-refractivity contribution in [3.63, 3.8) is 0 Å². The summed E-state index contributed by atoms with van der Waals surface area (Å²) in [6, 6.07) is 10.4. The molecule has 0 bridgehead atoms. The highest BCUT2D eigenvalue weighted by Gasteiger charge is 2.14. The molecule has 2 aromatic rings. The lowest BCUT2D eigenvalue weighted by atomic mass is 9.96. The molecule has 0 aromatic heterocycles. The average Bonchev–Trinajstić information content (AvgIpc) is 2.32. The smallest absolute Gasteiger partial charge is 0.127 e. The number of aliphatic hydroxyl groups is 1. The van der Waals surface area contributed by atoms with Crippen LogP contribution in [-0.4, -0.2) is 5.11 Å². The molecule has 0 heterocycles. The van der Waals surface area contributed by atoms with Gasteiger partial charge in [0.15, 0.2) is 0 Å². The number of halogens is 2. The predicted octanol–water partition coefficient (Wildman–Crippen LogP) is 4.37. The van der Waals surface area contributed by atoms with Gasteiger partial charge in [-0.1, -0.05) is 41.4 Å². The summed E-state index contributed by atoms with van der Waals surface area (Å²) in [6.45, 7) is 3.95. The molecule has 0 saturated carbocycles. The summed E-state index contributed by atoms with van der Waals surface area (Å²) in [7, 11) is 0. The molecule has 100 valence electrons. The van der Waals surface area contributed by atoms with Crippen LogP contribution >= 0.6 is 11.6 Å². The van der Waals surface area contributed by atoms with Gasteiger partial charge in [0.05, 0.1) is 6.10 Å². The maximum atomic E-state index is 13.7. The molecule has 0 aliphatic carbocycles. The molecular weight excluding hydrogens is 263 g/mol. The van der Waals surface area contributed by atoms with Gasteiger partial charge in [0.25, 0.3) is 0 Å². The summed E-state index contributed by atoms with van der Waals surface area (Å²) >= 11 is 5.71. The minimum atomic E-state index is -0.712. The van der Waals surface area contributed by atoms with Gasteiger partial charge in [0.2, 0.25) is 0 Å². The molecule has 0 spiro atoms. The van der Waals surface area contributed by atoms with Crippen molar-refractivity contribution in [2.75, 3.05) is 0 Å². The van der Waals surface area contributed by atoms with Crippen LogP contribution in [-0.2, 0) is 6.42 Å². The maximum Gasteiger partial charge on any atom is 0.127 e. The van der Waals surface area contributed by atoms with E-state index >= 15 is 0 Å². The van der Waals surface area contributed by atoms with Gasteiger partial charge in [-0.05, 0) is 42.7 Å².